The molecule has 1 saturated heterocycles. The average Bonchev–Trinajstić information content (AvgIpc) is 3.09. The van der Waals surface area contributed by atoms with Crippen LogP contribution in [0.5, 0.6) is 5.75 Å². The molecule has 0 aliphatic carbocycles. The van der Waals surface area contributed by atoms with Crippen molar-refractivity contribution in [2.75, 3.05) is 13.6 Å². The van der Waals surface area contributed by atoms with Crippen molar-refractivity contribution >= 4 is 17.5 Å². The number of likely N-dealkylation sites (N-methyl/N-ethyl adjacent to an activating group) is 1. The highest BCUT2D eigenvalue weighted by Gasteiger charge is 2.29. The van der Waals surface area contributed by atoms with Gasteiger partial charge in [-0.1, -0.05) is 29.8 Å². The van der Waals surface area contributed by atoms with Crippen LogP contribution in [0.1, 0.15) is 24.0 Å². The molecule has 1 aliphatic heterocycles. The van der Waals surface area contributed by atoms with E-state index in [4.69, 9.17) is 16.3 Å². The van der Waals surface area contributed by atoms with Crippen molar-refractivity contribution in [2.45, 2.75) is 32.0 Å². The van der Waals surface area contributed by atoms with E-state index in [0.29, 0.717) is 22.9 Å². The molecule has 1 fully saturated rings. The molecule has 0 aromatic heterocycles. The fourth-order valence-electron chi connectivity index (χ4n) is 3.27. The third-order valence-corrected chi connectivity index (χ3v) is 5.00. The van der Waals surface area contributed by atoms with E-state index in [-0.39, 0.29) is 24.4 Å². The van der Waals surface area contributed by atoms with Crippen LogP contribution in [0, 0.1) is 5.82 Å². The highest BCUT2D eigenvalue weighted by Crippen LogP contribution is 2.24. The summed E-state index contributed by atoms with van der Waals surface area (Å²) in [7, 11) is 1.67. The predicted molar refractivity (Wildman–Crippen MR) is 99.7 cm³/mol. The first-order chi connectivity index (χ1) is 12.6. The van der Waals surface area contributed by atoms with Gasteiger partial charge in [0.25, 0.3) is 0 Å². The Bertz CT molecular complexity index is 764. The Morgan fingerprint density at radius 3 is 2.92 bits per heavy atom. The van der Waals surface area contributed by atoms with Gasteiger partial charge in [0.15, 0.2) is 0 Å². The number of benzene rings is 2. The number of carbonyl (C=O) groups is 1. The predicted octanol–water partition coefficient (Wildman–Crippen LogP) is 3.77. The minimum absolute atomic E-state index is 0.0594. The Hall–Kier alpha value is -2.11. The molecule has 2 aromatic carbocycles. The van der Waals surface area contributed by atoms with Crippen molar-refractivity contribution < 1.29 is 13.9 Å². The van der Waals surface area contributed by atoms with Gasteiger partial charge in [-0.25, -0.2) is 4.39 Å². The van der Waals surface area contributed by atoms with Gasteiger partial charge in [-0.15, -0.1) is 0 Å². The van der Waals surface area contributed by atoms with Crippen LogP contribution in [-0.4, -0.2) is 30.4 Å². The zero-order chi connectivity index (χ0) is 18.5. The second-order valence-electron chi connectivity index (χ2n) is 6.38. The summed E-state index contributed by atoms with van der Waals surface area (Å²) >= 11 is 6.04. The van der Waals surface area contributed by atoms with Crippen LogP contribution in [-0.2, 0) is 17.9 Å². The lowest BCUT2D eigenvalue weighted by Gasteiger charge is -2.23. The summed E-state index contributed by atoms with van der Waals surface area (Å²) in [6, 6.07) is 12.2. The molecule has 138 valence electrons. The first kappa shape index (κ1) is 18.7. The number of hydrogen-bond donors (Lipinski definition) is 1. The van der Waals surface area contributed by atoms with Gasteiger partial charge < -0.3 is 10.1 Å². The first-order valence-corrected chi connectivity index (χ1v) is 9.06. The second-order valence-corrected chi connectivity index (χ2v) is 6.79. The zero-order valence-corrected chi connectivity index (χ0v) is 15.4. The Labute approximate surface area is 157 Å². The molecule has 2 aromatic rings. The molecule has 0 unspecified atom stereocenters. The molecule has 0 bridgehead atoms. The molecule has 1 atom stereocenters. The number of nitrogens with one attached hydrogen (secondary N) is 1. The van der Waals surface area contributed by atoms with Gasteiger partial charge in [-0.3, -0.25) is 9.69 Å². The van der Waals surface area contributed by atoms with E-state index in [1.54, 1.807) is 19.2 Å². The van der Waals surface area contributed by atoms with Crippen LogP contribution >= 0.6 is 11.6 Å². The summed E-state index contributed by atoms with van der Waals surface area (Å²) in [5, 5.41) is 3.08. The van der Waals surface area contributed by atoms with Crippen molar-refractivity contribution in [1.29, 1.82) is 0 Å². The number of rotatable bonds is 6. The van der Waals surface area contributed by atoms with Gasteiger partial charge >= 0.3 is 0 Å². The molecular formula is C20H22ClFN2O2. The number of likely N-dealkylation sites (tertiary alicyclic amines) is 1. The lowest BCUT2D eigenvalue weighted by molar-refractivity contribution is -0.125. The van der Waals surface area contributed by atoms with E-state index in [0.717, 1.165) is 24.9 Å². The van der Waals surface area contributed by atoms with Gasteiger partial charge in [0.1, 0.15) is 18.2 Å². The van der Waals surface area contributed by atoms with Crippen LogP contribution in [0.2, 0.25) is 5.02 Å². The van der Waals surface area contributed by atoms with Crippen LogP contribution in [0.3, 0.4) is 0 Å². The fraction of sp³-hybridized carbons (Fsp3) is 0.350. The highest BCUT2D eigenvalue weighted by atomic mass is 35.5. The largest absolute Gasteiger partial charge is 0.489 e. The second kappa shape index (κ2) is 8.52. The molecule has 0 radical (unpaired) electrons. The SMILES string of the molecule is CNC(=O)[C@H]1CCCN1Cc1cccc(OCc2c(F)cccc2Cl)c1. The van der Waals surface area contributed by atoms with Crippen molar-refractivity contribution in [3.8, 4) is 5.75 Å². The Kier molecular flexibility index (Phi) is 6.12. The number of nitrogens with zero attached hydrogens (tertiary/aromatic N) is 1. The average molecular weight is 377 g/mol. The van der Waals surface area contributed by atoms with Gasteiger partial charge in [-0.2, -0.15) is 0 Å². The highest BCUT2D eigenvalue weighted by molar-refractivity contribution is 6.31. The van der Waals surface area contributed by atoms with Gasteiger partial charge in [-0.05, 0) is 49.2 Å². The molecular weight excluding hydrogens is 355 g/mol. The van der Waals surface area contributed by atoms with E-state index in [2.05, 4.69) is 10.2 Å². The van der Waals surface area contributed by atoms with Crippen LogP contribution in [0.15, 0.2) is 42.5 Å². The number of ether oxygens (including phenoxy) is 1. The Balaban J connectivity index is 1.66. The third kappa shape index (κ3) is 4.34. The smallest absolute Gasteiger partial charge is 0.237 e. The number of amides is 1. The van der Waals surface area contributed by atoms with Crippen LogP contribution in [0.4, 0.5) is 4.39 Å². The molecule has 4 nitrogen and oxygen atoms in total. The molecule has 0 spiro atoms. The summed E-state index contributed by atoms with van der Waals surface area (Å²) in [5.41, 5.74) is 1.40. The zero-order valence-electron chi connectivity index (χ0n) is 14.7. The summed E-state index contributed by atoms with van der Waals surface area (Å²) in [6.45, 7) is 1.64. The molecule has 26 heavy (non-hydrogen) atoms. The van der Waals surface area contributed by atoms with Crippen LogP contribution in [0.25, 0.3) is 0 Å². The maximum Gasteiger partial charge on any atom is 0.237 e. The maximum atomic E-state index is 13.8. The van der Waals surface area contributed by atoms with Gasteiger partial charge in [0, 0.05) is 19.2 Å². The van der Waals surface area contributed by atoms with Crippen molar-refractivity contribution in [3.05, 3.63) is 64.4 Å². The fourth-order valence-corrected chi connectivity index (χ4v) is 3.49. The first-order valence-electron chi connectivity index (χ1n) is 8.68. The summed E-state index contributed by atoms with van der Waals surface area (Å²) in [5.74, 6) is 0.334. The third-order valence-electron chi connectivity index (χ3n) is 4.64. The summed E-state index contributed by atoms with van der Waals surface area (Å²) in [6.07, 6.45) is 1.89. The Morgan fingerprint density at radius 2 is 2.15 bits per heavy atom. The Morgan fingerprint density at radius 1 is 1.35 bits per heavy atom. The van der Waals surface area contributed by atoms with Gasteiger partial charge in [0.2, 0.25) is 5.91 Å². The summed E-state index contributed by atoms with van der Waals surface area (Å²) < 4.78 is 19.6. The lowest BCUT2D eigenvalue weighted by atomic mass is 10.1. The molecule has 6 heteroatoms. The van der Waals surface area contributed by atoms with Crippen molar-refractivity contribution in [1.82, 2.24) is 10.2 Å². The number of halogens is 2. The minimum atomic E-state index is -0.376. The standard InChI is InChI=1S/C20H22ClFN2O2/c1-23-20(25)19-9-4-10-24(19)12-14-5-2-6-15(11-14)26-13-16-17(21)7-3-8-18(16)22/h2-3,5-8,11,19H,4,9-10,12-13H2,1H3,(H,23,25)/t19-/m1/s1. The van der Waals surface area contributed by atoms with E-state index in [1.807, 2.05) is 24.3 Å². The van der Waals surface area contributed by atoms with Crippen molar-refractivity contribution in [2.24, 2.45) is 0 Å². The van der Waals surface area contributed by atoms with E-state index < -0.39 is 0 Å². The van der Waals surface area contributed by atoms with Crippen LogP contribution < -0.4 is 10.1 Å². The van der Waals surface area contributed by atoms with E-state index in [9.17, 15) is 9.18 Å². The normalized spacial score (nSPS) is 17.3. The maximum absolute atomic E-state index is 13.8. The molecule has 3 rings (SSSR count). The van der Waals surface area contributed by atoms with Crippen molar-refractivity contribution in [3.63, 3.8) is 0 Å². The van der Waals surface area contributed by atoms with E-state index >= 15 is 0 Å². The molecule has 1 aliphatic rings. The monoisotopic (exact) mass is 376 g/mol. The molecule has 1 N–H and O–H groups in total. The quantitative estimate of drug-likeness (QED) is 0.834. The summed E-state index contributed by atoms with van der Waals surface area (Å²) in [4.78, 5) is 14.2. The van der Waals surface area contributed by atoms with E-state index in [1.165, 1.54) is 6.07 Å². The lowest BCUT2D eigenvalue weighted by Crippen LogP contribution is -2.41. The molecule has 1 amide bonds. The number of hydrogen-bond acceptors (Lipinski definition) is 3. The minimum Gasteiger partial charge on any atom is -0.489 e. The number of carbonyl (C=O) groups excluding carboxylic acids is 1. The molecule has 1 heterocycles. The molecule has 0 saturated carbocycles. The topological polar surface area (TPSA) is 41.6 Å². The van der Waals surface area contributed by atoms with Gasteiger partial charge in [0.05, 0.1) is 11.1 Å².